The van der Waals surface area contributed by atoms with Crippen LogP contribution in [0.5, 0.6) is 0 Å². The van der Waals surface area contributed by atoms with Crippen molar-refractivity contribution in [3.63, 3.8) is 0 Å². The Morgan fingerprint density at radius 2 is 1.81 bits per heavy atom. The van der Waals surface area contributed by atoms with Gasteiger partial charge in [-0.25, -0.2) is 19.7 Å². The maximum absolute atomic E-state index is 13.1. The number of methoxy groups -OCH3 is 1. The smallest absolute Gasteiger partial charge is 0.383 e. The number of amides is 2. The first kappa shape index (κ1) is 33.1. The number of hydrogen-bond acceptors (Lipinski definition) is 8. The first-order valence-electron chi connectivity index (χ1n) is 13.2. The third-order valence-corrected chi connectivity index (χ3v) is 7.30. The lowest BCUT2D eigenvalue weighted by Crippen LogP contribution is -2.41. The molecule has 42 heavy (non-hydrogen) atoms. The maximum atomic E-state index is 13.1. The predicted molar refractivity (Wildman–Crippen MR) is 157 cm³/mol. The number of nitrogens with zero attached hydrogens (tertiary/aromatic N) is 5. The quantitative estimate of drug-likeness (QED) is 0.246. The Morgan fingerprint density at radius 1 is 1.10 bits per heavy atom. The lowest BCUT2D eigenvalue weighted by atomic mass is 10.2. The van der Waals surface area contributed by atoms with E-state index >= 15 is 0 Å². The van der Waals surface area contributed by atoms with Gasteiger partial charge >= 0.3 is 18.0 Å². The van der Waals surface area contributed by atoms with E-state index in [2.05, 4.69) is 39.2 Å². The van der Waals surface area contributed by atoms with Crippen molar-refractivity contribution in [2.45, 2.75) is 38.7 Å². The molecule has 15 heteroatoms. The summed E-state index contributed by atoms with van der Waals surface area (Å²) in [6.07, 6.45) is 9.99. The number of nitrogen functional groups attached to an aromatic ring is 1. The van der Waals surface area contributed by atoms with Crippen LogP contribution in [0.15, 0.2) is 30.7 Å². The SMILES string of the molecule is C1CC1.COCCN(Cc1ccc(C(F)(F)F)cn1)C(=O)C(=O)Nc1cnc(N)c2cnn(COCCS(C)(C)C)c12. The van der Waals surface area contributed by atoms with E-state index < -0.39 is 33.6 Å². The minimum atomic E-state index is -4.54. The highest BCUT2D eigenvalue weighted by Crippen LogP contribution is 2.34. The fourth-order valence-corrected chi connectivity index (χ4v) is 4.04. The average Bonchev–Trinajstić information content (AvgIpc) is 3.75. The van der Waals surface area contributed by atoms with E-state index in [1.54, 1.807) is 0 Å². The monoisotopic (exact) mass is 613 g/mol. The van der Waals surface area contributed by atoms with Crippen LogP contribution in [0, 0.1) is 0 Å². The van der Waals surface area contributed by atoms with Gasteiger partial charge in [-0.3, -0.25) is 14.6 Å². The number of carbonyl (C=O) groups excluding carboxylic acids is 2. The third kappa shape index (κ3) is 10.1. The van der Waals surface area contributed by atoms with Crippen molar-refractivity contribution < 1.29 is 32.2 Å². The summed E-state index contributed by atoms with van der Waals surface area (Å²) in [6, 6.07) is 2.02. The van der Waals surface area contributed by atoms with Crippen molar-refractivity contribution >= 4 is 44.3 Å². The van der Waals surface area contributed by atoms with Gasteiger partial charge in [0, 0.05) is 25.6 Å². The van der Waals surface area contributed by atoms with Crippen molar-refractivity contribution in [3.05, 3.63) is 42.0 Å². The zero-order chi connectivity index (χ0) is 30.9. The number of aromatic nitrogens is 4. The Kier molecular flexibility index (Phi) is 11.5. The number of carbonyl (C=O) groups is 2. The Bertz CT molecular complexity index is 1340. The summed E-state index contributed by atoms with van der Waals surface area (Å²) in [6.45, 7) is 0.507. The number of fused-ring (bicyclic) bond motifs is 1. The molecule has 0 radical (unpaired) electrons. The van der Waals surface area contributed by atoms with Gasteiger partial charge in [0.25, 0.3) is 0 Å². The molecule has 3 N–H and O–H groups in total. The normalized spacial score (nSPS) is 13.3. The molecule has 0 atom stereocenters. The van der Waals surface area contributed by atoms with Crippen LogP contribution in [0.4, 0.5) is 24.7 Å². The summed E-state index contributed by atoms with van der Waals surface area (Å²) < 4.78 is 50.9. The molecule has 1 aliphatic rings. The van der Waals surface area contributed by atoms with Crippen LogP contribution >= 0.6 is 10.0 Å². The van der Waals surface area contributed by atoms with Crippen LogP contribution < -0.4 is 11.1 Å². The van der Waals surface area contributed by atoms with Crippen LogP contribution in [0.3, 0.4) is 0 Å². The number of nitrogens with two attached hydrogens (primary N) is 1. The van der Waals surface area contributed by atoms with E-state index in [0.29, 0.717) is 23.7 Å². The van der Waals surface area contributed by atoms with Crippen molar-refractivity contribution in [3.8, 4) is 0 Å². The zero-order valence-corrected chi connectivity index (χ0v) is 25.1. The van der Waals surface area contributed by atoms with E-state index in [4.69, 9.17) is 15.2 Å². The number of alkyl halides is 3. The van der Waals surface area contributed by atoms with Crippen molar-refractivity contribution in [2.75, 3.05) is 62.4 Å². The molecular weight excluding hydrogens is 575 g/mol. The molecule has 1 saturated carbocycles. The topological polar surface area (TPSA) is 137 Å². The van der Waals surface area contributed by atoms with E-state index in [1.165, 1.54) is 43.4 Å². The lowest BCUT2D eigenvalue weighted by molar-refractivity contribution is -0.144. The average molecular weight is 614 g/mol. The van der Waals surface area contributed by atoms with E-state index in [-0.39, 0.29) is 43.6 Å². The molecule has 11 nitrogen and oxygen atoms in total. The number of pyridine rings is 2. The molecular formula is C27H38F3N7O4S. The highest BCUT2D eigenvalue weighted by Gasteiger charge is 2.31. The number of ether oxygens (including phenoxy) is 2. The third-order valence-electron chi connectivity index (χ3n) is 5.91. The van der Waals surface area contributed by atoms with E-state index in [0.717, 1.165) is 22.8 Å². The second kappa shape index (κ2) is 14.6. The summed E-state index contributed by atoms with van der Waals surface area (Å²) in [5.41, 5.74) is 5.86. The maximum Gasteiger partial charge on any atom is 0.417 e. The summed E-state index contributed by atoms with van der Waals surface area (Å²) in [4.78, 5) is 35.1. The van der Waals surface area contributed by atoms with E-state index in [1.807, 2.05) is 0 Å². The van der Waals surface area contributed by atoms with Gasteiger partial charge in [0.05, 0.1) is 60.0 Å². The minimum absolute atomic E-state index is 0.00237. The van der Waals surface area contributed by atoms with Crippen LogP contribution in [-0.2, 0) is 38.5 Å². The van der Waals surface area contributed by atoms with E-state index in [9.17, 15) is 22.8 Å². The first-order valence-corrected chi connectivity index (χ1v) is 16.3. The molecule has 3 heterocycles. The summed E-state index contributed by atoms with van der Waals surface area (Å²) >= 11 is 0. The Balaban J connectivity index is 0.00000151. The van der Waals surface area contributed by atoms with Gasteiger partial charge in [0.15, 0.2) is 0 Å². The Morgan fingerprint density at radius 3 is 2.38 bits per heavy atom. The summed E-state index contributed by atoms with van der Waals surface area (Å²) in [5.74, 6) is -0.834. The van der Waals surface area contributed by atoms with Crippen LogP contribution in [0.25, 0.3) is 10.9 Å². The van der Waals surface area contributed by atoms with Crippen molar-refractivity contribution in [1.82, 2.24) is 24.6 Å². The molecule has 1 fully saturated rings. The summed E-state index contributed by atoms with van der Waals surface area (Å²) in [7, 11) is 0.677. The highest BCUT2D eigenvalue weighted by atomic mass is 32.3. The summed E-state index contributed by atoms with van der Waals surface area (Å²) in [5, 5.41) is 7.31. The van der Waals surface area contributed by atoms with Crippen LogP contribution in [-0.4, -0.2) is 87.9 Å². The first-order chi connectivity index (χ1) is 19.8. The van der Waals surface area contributed by atoms with Gasteiger partial charge in [-0.15, -0.1) is 0 Å². The number of rotatable bonds is 11. The standard InChI is InChI=1S/C24H32F3N7O4S.C3H6/c1-37-8-7-33(14-17-6-5-16(11-29-17)24(25,26)27)23(36)22(35)32-19-13-30-21(28)18-12-31-34(20(18)19)15-38-9-10-39(2,3)4;1-2-3-1/h5-6,11-13H,7-10,14-15H2,1-4H3,(H2,28,30)(H,32,35);1-3H2. The minimum Gasteiger partial charge on any atom is -0.383 e. The molecule has 1 aliphatic carbocycles. The fraction of sp³-hybridized carbons (Fsp3) is 0.519. The van der Waals surface area contributed by atoms with Gasteiger partial charge in [-0.1, -0.05) is 19.3 Å². The predicted octanol–water partition coefficient (Wildman–Crippen LogP) is 3.88. The Labute approximate surface area is 244 Å². The highest BCUT2D eigenvalue weighted by molar-refractivity contribution is 8.32. The lowest BCUT2D eigenvalue weighted by Gasteiger charge is -2.24. The second-order valence-electron chi connectivity index (χ2n) is 10.6. The molecule has 0 aromatic carbocycles. The second-order valence-corrected chi connectivity index (χ2v) is 15.2. The molecule has 0 saturated heterocycles. The van der Waals surface area contributed by atoms with Gasteiger partial charge < -0.3 is 25.4 Å². The van der Waals surface area contributed by atoms with Crippen LogP contribution in [0.2, 0.25) is 0 Å². The molecule has 0 bridgehead atoms. The van der Waals surface area contributed by atoms with Gasteiger partial charge in [0.1, 0.15) is 12.5 Å². The van der Waals surface area contributed by atoms with Crippen molar-refractivity contribution in [2.24, 2.45) is 0 Å². The van der Waals surface area contributed by atoms with Gasteiger partial charge in [-0.2, -0.15) is 18.3 Å². The van der Waals surface area contributed by atoms with Gasteiger partial charge in [-0.05, 0) is 30.9 Å². The Hall–Kier alpha value is -3.43. The number of halogens is 3. The molecule has 0 aliphatic heterocycles. The largest absolute Gasteiger partial charge is 0.417 e. The van der Waals surface area contributed by atoms with Crippen LogP contribution in [0.1, 0.15) is 30.5 Å². The number of anilines is 2. The molecule has 0 unspecified atom stereocenters. The molecule has 3 aromatic rings. The molecule has 0 spiro atoms. The molecule has 4 rings (SSSR count). The molecule has 3 aromatic heterocycles. The van der Waals surface area contributed by atoms with Gasteiger partial charge in [0.2, 0.25) is 0 Å². The number of nitrogens with one attached hydrogen (secondary N) is 1. The zero-order valence-electron chi connectivity index (χ0n) is 24.2. The molecule has 2 amide bonds. The molecule has 232 valence electrons. The van der Waals surface area contributed by atoms with Crippen molar-refractivity contribution in [1.29, 1.82) is 0 Å². The number of hydrogen-bond donors (Lipinski definition) is 2. The fourth-order valence-electron chi connectivity index (χ4n) is 3.43.